The Morgan fingerprint density at radius 3 is 2.73 bits per heavy atom. The van der Waals surface area contributed by atoms with Gasteiger partial charge in [-0.2, -0.15) is 0 Å². The molecule has 0 amide bonds. The van der Waals surface area contributed by atoms with Crippen molar-refractivity contribution < 1.29 is 5.11 Å². The van der Waals surface area contributed by atoms with Crippen molar-refractivity contribution >= 4 is 0 Å². The van der Waals surface area contributed by atoms with Gasteiger partial charge in [-0.05, 0) is 26.2 Å². The maximum absolute atomic E-state index is 9.66. The van der Waals surface area contributed by atoms with Crippen LogP contribution in [0.4, 0.5) is 0 Å². The molecule has 0 spiro atoms. The second kappa shape index (κ2) is 3.25. The Hall–Kier alpha value is -0.520. The van der Waals surface area contributed by atoms with Crippen molar-refractivity contribution in [1.82, 2.24) is 0 Å². The Morgan fingerprint density at radius 2 is 2.27 bits per heavy atom. The molecule has 0 saturated heterocycles. The van der Waals surface area contributed by atoms with Gasteiger partial charge in [0.2, 0.25) is 0 Å². The summed E-state index contributed by atoms with van der Waals surface area (Å²) in [7, 11) is 0. The maximum atomic E-state index is 9.66. The van der Waals surface area contributed by atoms with Crippen molar-refractivity contribution in [2.75, 3.05) is 0 Å². The lowest BCUT2D eigenvalue weighted by Crippen LogP contribution is -2.51. The number of hydrogen-bond donors (Lipinski definition) is 2. The van der Waals surface area contributed by atoms with Crippen molar-refractivity contribution in [1.29, 1.82) is 0 Å². The second-order valence-electron chi connectivity index (χ2n) is 3.32. The summed E-state index contributed by atoms with van der Waals surface area (Å²) in [6.07, 6.45) is 3.07. The summed E-state index contributed by atoms with van der Waals surface area (Å²) in [5, 5.41) is 9.66. The van der Waals surface area contributed by atoms with Gasteiger partial charge in [0.25, 0.3) is 0 Å². The summed E-state index contributed by atoms with van der Waals surface area (Å²) in [4.78, 5) is 0. The quantitative estimate of drug-likeness (QED) is 0.572. The fraction of sp³-hybridized carbons (Fsp3) is 0.778. The Bertz CT molecular complexity index is 183. The smallest absolute Gasteiger partial charge is 0.0686 e. The van der Waals surface area contributed by atoms with Gasteiger partial charge in [0, 0.05) is 12.5 Å². The van der Waals surface area contributed by atoms with Gasteiger partial charge in [-0.25, -0.2) is 0 Å². The summed E-state index contributed by atoms with van der Waals surface area (Å²) in [5.74, 6) is 5.74. The summed E-state index contributed by atoms with van der Waals surface area (Å²) in [5.41, 5.74) is 5.08. The molecular formula is C9H15NO. The normalized spacial score (nSPS) is 35.4. The standard InChI is InChI=1S/C9H15NO/c1-2-3-4-5-9(11)6-8(10)7-9/h8,11H,4-7,10H2,1H3. The number of nitrogens with two attached hydrogens (primary N) is 1. The maximum Gasteiger partial charge on any atom is 0.0686 e. The SMILES string of the molecule is CC#CCCC1(O)CC(N)C1. The highest BCUT2D eigenvalue weighted by Crippen LogP contribution is 2.34. The number of hydrogen-bond acceptors (Lipinski definition) is 2. The largest absolute Gasteiger partial charge is 0.390 e. The van der Waals surface area contributed by atoms with Crippen LogP contribution in [0.15, 0.2) is 0 Å². The van der Waals surface area contributed by atoms with E-state index in [1.807, 2.05) is 6.92 Å². The molecule has 1 rings (SSSR count). The molecule has 2 nitrogen and oxygen atoms in total. The van der Waals surface area contributed by atoms with Crippen molar-refractivity contribution in [3.05, 3.63) is 0 Å². The topological polar surface area (TPSA) is 46.2 Å². The third-order valence-corrected chi connectivity index (χ3v) is 2.18. The van der Waals surface area contributed by atoms with E-state index in [-0.39, 0.29) is 6.04 Å². The van der Waals surface area contributed by atoms with Gasteiger partial charge in [0.15, 0.2) is 0 Å². The lowest BCUT2D eigenvalue weighted by Gasteiger charge is -2.41. The van der Waals surface area contributed by atoms with Crippen molar-refractivity contribution in [2.45, 2.75) is 44.2 Å². The van der Waals surface area contributed by atoms with Crippen molar-refractivity contribution in [3.8, 4) is 11.8 Å². The number of rotatable bonds is 2. The van der Waals surface area contributed by atoms with Crippen LogP contribution in [-0.4, -0.2) is 16.7 Å². The monoisotopic (exact) mass is 153 g/mol. The predicted octanol–water partition coefficient (Wildman–Crippen LogP) is 0.642. The van der Waals surface area contributed by atoms with Gasteiger partial charge in [-0.3, -0.25) is 0 Å². The summed E-state index contributed by atoms with van der Waals surface area (Å²) >= 11 is 0. The zero-order chi connectivity index (χ0) is 8.32. The van der Waals surface area contributed by atoms with Crippen LogP contribution in [0.2, 0.25) is 0 Å². The molecule has 0 aromatic rings. The van der Waals surface area contributed by atoms with E-state index in [4.69, 9.17) is 5.73 Å². The molecule has 1 aliphatic carbocycles. The third-order valence-electron chi connectivity index (χ3n) is 2.18. The molecule has 0 unspecified atom stereocenters. The average molecular weight is 153 g/mol. The first-order valence-corrected chi connectivity index (χ1v) is 4.04. The fourth-order valence-electron chi connectivity index (χ4n) is 1.54. The minimum Gasteiger partial charge on any atom is -0.390 e. The van der Waals surface area contributed by atoms with Crippen LogP contribution in [0.3, 0.4) is 0 Å². The van der Waals surface area contributed by atoms with E-state index in [1.165, 1.54) is 0 Å². The molecule has 11 heavy (non-hydrogen) atoms. The second-order valence-corrected chi connectivity index (χ2v) is 3.32. The molecule has 0 atom stereocenters. The first kappa shape index (κ1) is 8.58. The first-order valence-electron chi connectivity index (χ1n) is 4.04. The Balaban J connectivity index is 2.20. The molecule has 1 saturated carbocycles. The Kier molecular flexibility index (Phi) is 2.53. The molecule has 3 N–H and O–H groups in total. The van der Waals surface area contributed by atoms with Crippen LogP contribution in [-0.2, 0) is 0 Å². The van der Waals surface area contributed by atoms with Crippen LogP contribution in [0.25, 0.3) is 0 Å². The fourth-order valence-corrected chi connectivity index (χ4v) is 1.54. The average Bonchev–Trinajstić information content (AvgIpc) is 1.85. The van der Waals surface area contributed by atoms with Crippen molar-refractivity contribution in [3.63, 3.8) is 0 Å². The molecule has 0 aliphatic heterocycles. The van der Waals surface area contributed by atoms with E-state index in [0.29, 0.717) is 0 Å². The molecule has 2 heteroatoms. The predicted molar refractivity (Wildman–Crippen MR) is 44.8 cm³/mol. The molecule has 1 aliphatic rings. The van der Waals surface area contributed by atoms with Gasteiger partial charge in [0.05, 0.1) is 5.60 Å². The highest BCUT2D eigenvalue weighted by molar-refractivity contribution is 5.02. The van der Waals surface area contributed by atoms with Gasteiger partial charge in [-0.15, -0.1) is 11.8 Å². The van der Waals surface area contributed by atoms with Crippen LogP contribution >= 0.6 is 0 Å². The molecule has 0 aromatic heterocycles. The lowest BCUT2D eigenvalue weighted by atomic mass is 9.73. The number of aliphatic hydroxyl groups is 1. The summed E-state index contributed by atoms with van der Waals surface area (Å²) in [6.45, 7) is 1.82. The molecule has 0 radical (unpaired) electrons. The van der Waals surface area contributed by atoms with Gasteiger partial charge < -0.3 is 10.8 Å². The molecule has 0 heterocycles. The van der Waals surface area contributed by atoms with Crippen LogP contribution in [0.1, 0.15) is 32.6 Å². The molecule has 62 valence electrons. The lowest BCUT2D eigenvalue weighted by molar-refractivity contribution is -0.0517. The van der Waals surface area contributed by atoms with Crippen molar-refractivity contribution in [2.24, 2.45) is 5.73 Å². The molecule has 1 fully saturated rings. The van der Waals surface area contributed by atoms with Gasteiger partial charge in [-0.1, -0.05) is 0 Å². The summed E-state index contributed by atoms with van der Waals surface area (Å²) < 4.78 is 0. The highest BCUT2D eigenvalue weighted by atomic mass is 16.3. The van der Waals surface area contributed by atoms with E-state index in [1.54, 1.807) is 0 Å². The zero-order valence-electron chi connectivity index (χ0n) is 6.93. The van der Waals surface area contributed by atoms with Gasteiger partial charge in [0.1, 0.15) is 0 Å². The molecule has 0 bridgehead atoms. The van der Waals surface area contributed by atoms with E-state index in [0.717, 1.165) is 25.7 Å². The van der Waals surface area contributed by atoms with E-state index in [9.17, 15) is 5.11 Å². The Morgan fingerprint density at radius 1 is 1.64 bits per heavy atom. The third kappa shape index (κ3) is 2.21. The van der Waals surface area contributed by atoms with Crippen LogP contribution in [0, 0.1) is 11.8 Å². The van der Waals surface area contributed by atoms with Gasteiger partial charge >= 0.3 is 0 Å². The zero-order valence-corrected chi connectivity index (χ0v) is 6.93. The minimum atomic E-state index is -0.483. The van der Waals surface area contributed by atoms with E-state index >= 15 is 0 Å². The highest BCUT2D eigenvalue weighted by Gasteiger charge is 2.39. The van der Waals surface area contributed by atoms with E-state index < -0.39 is 5.60 Å². The van der Waals surface area contributed by atoms with Crippen LogP contribution in [0.5, 0.6) is 0 Å². The van der Waals surface area contributed by atoms with Crippen LogP contribution < -0.4 is 5.73 Å². The first-order chi connectivity index (χ1) is 5.16. The molecular weight excluding hydrogens is 138 g/mol. The van der Waals surface area contributed by atoms with E-state index in [2.05, 4.69) is 11.8 Å². The molecule has 0 aromatic carbocycles. The summed E-state index contributed by atoms with van der Waals surface area (Å²) in [6, 6.07) is 0.217. The minimum absolute atomic E-state index is 0.217. The Labute approximate surface area is 67.8 Å².